The zero-order valence-electron chi connectivity index (χ0n) is 17.5. The van der Waals surface area contributed by atoms with Crippen LogP contribution in [0.4, 0.5) is 5.69 Å². The van der Waals surface area contributed by atoms with E-state index in [0.717, 1.165) is 21.5 Å². The summed E-state index contributed by atoms with van der Waals surface area (Å²) in [5.41, 5.74) is 2.19. The second-order valence-electron chi connectivity index (χ2n) is 6.69. The third-order valence-electron chi connectivity index (χ3n) is 4.32. The molecule has 0 heterocycles. The molecule has 3 aromatic rings. The van der Waals surface area contributed by atoms with Crippen molar-refractivity contribution in [2.24, 2.45) is 0 Å². The Balaban J connectivity index is 1.55. The maximum absolute atomic E-state index is 12.7. The van der Waals surface area contributed by atoms with Gasteiger partial charge in [0, 0.05) is 17.3 Å². The summed E-state index contributed by atoms with van der Waals surface area (Å²) in [4.78, 5) is 12.7. The van der Waals surface area contributed by atoms with Crippen LogP contribution in [0.2, 0.25) is 0 Å². The van der Waals surface area contributed by atoms with Gasteiger partial charge in [-0.05, 0) is 60.2 Å². The van der Waals surface area contributed by atoms with Crippen LogP contribution in [0.3, 0.4) is 0 Å². The van der Waals surface area contributed by atoms with E-state index in [2.05, 4.69) is 26.6 Å². The molecule has 0 aliphatic rings. The Morgan fingerprint density at radius 2 is 1.72 bits per heavy atom. The third-order valence-corrected chi connectivity index (χ3v) is 5.02. The summed E-state index contributed by atoms with van der Waals surface area (Å²) in [7, 11) is 1.59. The molecule has 6 nitrogen and oxygen atoms in total. The number of hydrogen-bond acceptors (Lipinski definition) is 5. The highest BCUT2D eigenvalue weighted by Crippen LogP contribution is 2.23. The zero-order chi connectivity index (χ0) is 22.8. The van der Waals surface area contributed by atoms with Gasteiger partial charge in [-0.1, -0.05) is 46.3 Å². The highest BCUT2D eigenvalue weighted by molar-refractivity contribution is 9.10. The number of halogens is 1. The van der Waals surface area contributed by atoms with Crippen LogP contribution >= 0.6 is 28.1 Å². The van der Waals surface area contributed by atoms with Gasteiger partial charge in [-0.2, -0.15) is 0 Å². The smallest absolute Gasteiger partial charge is 0.261 e. The minimum absolute atomic E-state index is 0.177. The van der Waals surface area contributed by atoms with Crippen molar-refractivity contribution in [3.05, 3.63) is 88.4 Å². The number of benzene rings is 3. The quantitative estimate of drug-likeness (QED) is 0.303. The molecule has 0 fully saturated rings. The molecule has 8 heteroatoms. The molecule has 2 N–H and O–H groups in total. The summed E-state index contributed by atoms with van der Waals surface area (Å²) >= 11 is 8.68. The SMILES string of the molecule is COCCOc1ccc(Br)cc1C(=O)NC(=S)Nc1ccc(OCc2ccccc2)cc1. The standard InChI is InChI=1S/C24H23BrN2O4S/c1-29-13-14-30-22-12-7-18(25)15-21(22)23(28)27-24(32)26-19-8-10-20(11-9-19)31-16-17-5-3-2-4-6-17/h2-12,15H,13-14,16H2,1H3,(H2,26,27,28,32). The Labute approximate surface area is 201 Å². The van der Waals surface area contributed by atoms with Crippen molar-refractivity contribution in [3.8, 4) is 11.5 Å². The molecule has 0 aliphatic carbocycles. The van der Waals surface area contributed by atoms with Gasteiger partial charge in [0.05, 0.1) is 12.2 Å². The number of carbonyl (C=O) groups is 1. The largest absolute Gasteiger partial charge is 0.490 e. The van der Waals surface area contributed by atoms with Crippen LogP contribution in [0.1, 0.15) is 15.9 Å². The third kappa shape index (κ3) is 7.33. The summed E-state index contributed by atoms with van der Waals surface area (Å²) in [5, 5.41) is 5.86. The summed E-state index contributed by atoms with van der Waals surface area (Å²) < 4.78 is 17.2. The van der Waals surface area contributed by atoms with E-state index < -0.39 is 0 Å². The lowest BCUT2D eigenvalue weighted by Crippen LogP contribution is -2.34. The van der Waals surface area contributed by atoms with Gasteiger partial charge in [0.15, 0.2) is 5.11 Å². The van der Waals surface area contributed by atoms with E-state index in [9.17, 15) is 4.79 Å². The van der Waals surface area contributed by atoms with E-state index in [1.54, 1.807) is 25.3 Å². The summed E-state index contributed by atoms with van der Waals surface area (Å²) in [6, 6.07) is 22.5. The van der Waals surface area contributed by atoms with E-state index in [-0.39, 0.29) is 11.0 Å². The fourth-order valence-corrected chi connectivity index (χ4v) is 3.32. The van der Waals surface area contributed by atoms with Crippen molar-refractivity contribution in [2.45, 2.75) is 6.61 Å². The van der Waals surface area contributed by atoms with Crippen molar-refractivity contribution in [3.63, 3.8) is 0 Å². The monoisotopic (exact) mass is 514 g/mol. The van der Waals surface area contributed by atoms with E-state index in [1.165, 1.54) is 0 Å². The Hall–Kier alpha value is -2.94. The number of thiocarbonyl (C=S) groups is 1. The molecule has 166 valence electrons. The van der Waals surface area contributed by atoms with Crippen LogP contribution < -0.4 is 20.1 Å². The van der Waals surface area contributed by atoms with Gasteiger partial charge in [-0.15, -0.1) is 0 Å². The molecular formula is C24H23BrN2O4S. The topological polar surface area (TPSA) is 68.8 Å². The Morgan fingerprint density at radius 1 is 0.969 bits per heavy atom. The lowest BCUT2D eigenvalue weighted by Gasteiger charge is -2.14. The van der Waals surface area contributed by atoms with Crippen molar-refractivity contribution in [1.82, 2.24) is 5.32 Å². The maximum atomic E-state index is 12.7. The molecule has 0 unspecified atom stereocenters. The minimum atomic E-state index is -0.376. The van der Waals surface area contributed by atoms with Gasteiger partial charge < -0.3 is 19.5 Å². The first-order valence-corrected chi connectivity index (χ1v) is 11.1. The molecule has 0 radical (unpaired) electrons. The number of methoxy groups -OCH3 is 1. The van der Waals surface area contributed by atoms with Gasteiger partial charge in [0.1, 0.15) is 24.7 Å². The van der Waals surface area contributed by atoms with Crippen molar-refractivity contribution < 1.29 is 19.0 Å². The van der Waals surface area contributed by atoms with Crippen molar-refractivity contribution in [2.75, 3.05) is 25.6 Å². The number of carbonyl (C=O) groups excluding carboxylic acids is 1. The molecule has 0 saturated carbocycles. The van der Waals surface area contributed by atoms with Crippen LogP contribution in [0.25, 0.3) is 0 Å². The minimum Gasteiger partial charge on any atom is -0.490 e. The number of hydrogen-bond donors (Lipinski definition) is 2. The first-order valence-electron chi connectivity index (χ1n) is 9.85. The van der Waals surface area contributed by atoms with Gasteiger partial charge in [0.25, 0.3) is 5.91 Å². The maximum Gasteiger partial charge on any atom is 0.261 e. The predicted molar refractivity (Wildman–Crippen MR) is 132 cm³/mol. The average Bonchev–Trinajstić information content (AvgIpc) is 2.80. The van der Waals surface area contributed by atoms with Crippen LogP contribution in [-0.4, -0.2) is 31.3 Å². The molecule has 3 rings (SSSR count). The predicted octanol–water partition coefficient (Wildman–Crippen LogP) is 5.18. The second kappa shape index (κ2) is 12.2. The van der Waals surface area contributed by atoms with Crippen LogP contribution in [0.15, 0.2) is 77.3 Å². The number of amides is 1. The molecule has 0 aromatic heterocycles. The molecule has 0 spiro atoms. The van der Waals surface area contributed by atoms with E-state index in [0.29, 0.717) is 31.1 Å². The Morgan fingerprint density at radius 3 is 2.44 bits per heavy atom. The number of anilines is 1. The molecule has 0 aliphatic heterocycles. The molecule has 0 bridgehead atoms. The summed E-state index contributed by atoms with van der Waals surface area (Å²) in [6.45, 7) is 1.24. The van der Waals surface area contributed by atoms with Crippen molar-refractivity contribution in [1.29, 1.82) is 0 Å². The molecule has 1 amide bonds. The number of ether oxygens (including phenoxy) is 3. The second-order valence-corrected chi connectivity index (χ2v) is 8.01. The zero-order valence-corrected chi connectivity index (χ0v) is 19.9. The Bertz CT molecular complexity index is 1050. The first kappa shape index (κ1) is 23.7. The fourth-order valence-electron chi connectivity index (χ4n) is 2.75. The summed E-state index contributed by atoms with van der Waals surface area (Å²) in [5.74, 6) is 0.811. The highest BCUT2D eigenvalue weighted by Gasteiger charge is 2.15. The van der Waals surface area contributed by atoms with Crippen LogP contribution in [0, 0.1) is 0 Å². The fraction of sp³-hybridized carbons (Fsp3) is 0.167. The van der Waals surface area contributed by atoms with E-state index in [1.807, 2.05) is 54.6 Å². The summed E-state index contributed by atoms with van der Waals surface area (Å²) in [6.07, 6.45) is 0. The molecular weight excluding hydrogens is 492 g/mol. The normalized spacial score (nSPS) is 10.3. The lowest BCUT2D eigenvalue weighted by atomic mass is 10.2. The first-order chi connectivity index (χ1) is 15.5. The lowest BCUT2D eigenvalue weighted by molar-refractivity contribution is 0.0969. The molecule has 3 aromatic carbocycles. The van der Waals surface area contributed by atoms with Crippen LogP contribution in [0.5, 0.6) is 11.5 Å². The number of nitrogens with one attached hydrogen (secondary N) is 2. The number of rotatable bonds is 9. The van der Waals surface area contributed by atoms with E-state index in [4.69, 9.17) is 26.4 Å². The van der Waals surface area contributed by atoms with Gasteiger partial charge >= 0.3 is 0 Å². The van der Waals surface area contributed by atoms with E-state index >= 15 is 0 Å². The van der Waals surface area contributed by atoms with Gasteiger partial charge in [0.2, 0.25) is 0 Å². The highest BCUT2D eigenvalue weighted by atomic mass is 79.9. The Kier molecular flexibility index (Phi) is 9.03. The molecule has 32 heavy (non-hydrogen) atoms. The molecule has 0 atom stereocenters. The van der Waals surface area contributed by atoms with Gasteiger partial charge in [-0.25, -0.2) is 0 Å². The van der Waals surface area contributed by atoms with Crippen molar-refractivity contribution >= 4 is 44.9 Å². The average molecular weight is 515 g/mol. The van der Waals surface area contributed by atoms with Crippen LogP contribution in [-0.2, 0) is 11.3 Å². The molecule has 0 saturated heterocycles. The van der Waals surface area contributed by atoms with Gasteiger partial charge in [-0.3, -0.25) is 10.1 Å².